The van der Waals surface area contributed by atoms with E-state index in [0.29, 0.717) is 0 Å². The Hall–Kier alpha value is -0.940. The first-order valence-corrected chi connectivity index (χ1v) is 7.56. The molecule has 1 N–H and O–H groups in total. The smallest absolute Gasteiger partial charge is 0.226 e. The summed E-state index contributed by atoms with van der Waals surface area (Å²) in [6, 6.07) is 0. The van der Waals surface area contributed by atoms with Crippen LogP contribution in [-0.2, 0) is 13.0 Å². The Bertz CT molecular complexity index is 366. The second-order valence-electron chi connectivity index (χ2n) is 5.41. The van der Waals surface area contributed by atoms with E-state index in [1.165, 1.54) is 12.8 Å². The maximum absolute atomic E-state index is 5.24. The van der Waals surface area contributed by atoms with Crippen LogP contribution >= 0.6 is 0 Å². The number of rotatable bonds is 7. The van der Waals surface area contributed by atoms with Crippen LogP contribution in [0.5, 0.6) is 0 Å². The van der Waals surface area contributed by atoms with Crippen molar-refractivity contribution in [2.75, 3.05) is 26.2 Å². The number of likely N-dealkylation sites (tertiary alicyclic amines) is 1. The van der Waals surface area contributed by atoms with Crippen LogP contribution in [0.25, 0.3) is 0 Å². The molecule has 0 aromatic carbocycles. The van der Waals surface area contributed by atoms with E-state index in [2.05, 4.69) is 34.2 Å². The Kier molecular flexibility index (Phi) is 5.79. The topological polar surface area (TPSA) is 54.2 Å². The molecular weight excluding hydrogens is 240 g/mol. The Balaban J connectivity index is 1.80. The minimum atomic E-state index is 0.760. The van der Waals surface area contributed by atoms with E-state index < -0.39 is 0 Å². The van der Waals surface area contributed by atoms with E-state index in [4.69, 9.17) is 4.52 Å². The lowest BCUT2D eigenvalue weighted by molar-refractivity contribution is 0.161. The first-order chi connectivity index (χ1) is 9.31. The zero-order valence-electron chi connectivity index (χ0n) is 12.2. The average molecular weight is 266 g/mol. The van der Waals surface area contributed by atoms with Crippen LogP contribution in [0.3, 0.4) is 0 Å². The van der Waals surface area contributed by atoms with Crippen molar-refractivity contribution in [2.24, 2.45) is 5.92 Å². The van der Waals surface area contributed by atoms with Gasteiger partial charge in [-0.1, -0.05) is 19.0 Å². The summed E-state index contributed by atoms with van der Waals surface area (Å²) in [6.07, 6.45) is 4.54. The van der Waals surface area contributed by atoms with Crippen molar-refractivity contribution in [3.8, 4) is 0 Å². The lowest BCUT2D eigenvalue weighted by Gasteiger charge is -2.31. The van der Waals surface area contributed by atoms with Crippen LogP contribution < -0.4 is 5.32 Å². The lowest BCUT2D eigenvalue weighted by atomic mass is 9.98. The molecule has 1 fully saturated rings. The van der Waals surface area contributed by atoms with Gasteiger partial charge in [0, 0.05) is 13.0 Å². The quantitative estimate of drug-likeness (QED) is 0.816. The molecule has 1 aromatic heterocycles. The Morgan fingerprint density at radius 1 is 1.42 bits per heavy atom. The normalized spacial score (nSPS) is 20.8. The summed E-state index contributed by atoms with van der Waals surface area (Å²) in [5.41, 5.74) is 0. The molecule has 1 saturated heterocycles. The summed E-state index contributed by atoms with van der Waals surface area (Å²) in [5.74, 6) is 2.38. The third-order valence-corrected chi connectivity index (χ3v) is 3.63. The van der Waals surface area contributed by atoms with Gasteiger partial charge in [-0.3, -0.25) is 4.90 Å². The molecule has 2 heterocycles. The molecular formula is C14H26N4O. The molecule has 1 unspecified atom stereocenters. The maximum atomic E-state index is 5.24. The SMILES string of the molecule is CCCc1nc(CN2CCCC(CNCC)C2)no1. The van der Waals surface area contributed by atoms with Crippen LogP contribution in [0.4, 0.5) is 0 Å². The second-order valence-corrected chi connectivity index (χ2v) is 5.41. The Labute approximate surface area is 115 Å². The van der Waals surface area contributed by atoms with E-state index in [0.717, 1.165) is 63.2 Å². The number of aromatic nitrogens is 2. The monoisotopic (exact) mass is 266 g/mol. The van der Waals surface area contributed by atoms with Crippen molar-refractivity contribution < 1.29 is 4.52 Å². The van der Waals surface area contributed by atoms with Crippen molar-refractivity contribution in [2.45, 2.75) is 46.1 Å². The van der Waals surface area contributed by atoms with Gasteiger partial charge in [0.25, 0.3) is 0 Å². The third-order valence-electron chi connectivity index (χ3n) is 3.63. The van der Waals surface area contributed by atoms with Crippen molar-refractivity contribution in [1.82, 2.24) is 20.4 Å². The first kappa shape index (κ1) is 14.5. The third kappa shape index (κ3) is 4.58. The molecule has 0 aliphatic carbocycles. The van der Waals surface area contributed by atoms with Gasteiger partial charge in [-0.05, 0) is 44.8 Å². The van der Waals surface area contributed by atoms with Gasteiger partial charge in [0.2, 0.25) is 5.89 Å². The number of hydrogen-bond donors (Lipinski definition) is 1. The molecule has 5 heteroatoms. The summed E-state index contributed by atoms with van der Waals surface area (Å²) < 4.78 is 5.24. The molecule has 5 nitrogen and oxygen atoms in total. The highest BCUT2D eigenvalue weighted by Crippen LogP contribution is 2.17. The molecule has 108 valence electrons. The summed E-state index contributed by atoms with van der Waals surface area (Å²) in [5, 5.41) is 7.52. The van der Waals surface area contributed by atoms with Gasteiger partial charge in [-0.15, -0.1) is 0 Å². The van der Waals surface area contributed by atoms with Gasteiger partial charge in [0.1, 0.15) is 0 Å². The maximum Gasteiger partial charge on any atom is 0.226 e. The van der Waals surface area contributed by atoms with Crippen LogP contribution in [0.2, 0.25) is 0 Å². The molecule has 0 bridgehead atoms. The van der Waals surface area contributed by atoms with Gasteiger partial charge < -0.3 is 9.84 Å². The fraction of sp³-hybridized carbons (Fsp3) is 0.857. The second kappa shape index (κ2) is 7.60. The summed E-state index contributed by atoms with van der Waals surface area (Å²) in [7, 11) is 0. The first-order valence-electron chi connectivity index (χ1n) is 7.56. The molecule has 0 amide bonds. The number of piperidine rings is 1. The van der Waals surface area contributed by atoms with Crippen LogP contribution in [0.15, 0.2) is 4.52 Å². The number of nitrogens with one attached hydrogen (secondary N) is 1. The highest BCUT2D eigenvalue weighted by Gasteiger charge is 2.21. The number of nitrogens with zero attached hydrogens (tertiary/aromatic N) is 3. The largest absolute Gasteiger partial charge is 0.339 e. The van der Waals surface area contributed by atoms with E-state index in [9.17, 15) is 0 Å². The Morgan fingerprint density at radius 2 is 2.32 bits per heavy atom. The molecule has 0 spiro atoms. The van der Waals surface area contributed by atoms with E-state index >= 15 is 0 Å². The van der Waals surface area contributed by atoms with Gasteiger partial charge in [0.05, 0.1) is 6.54 Å². The van der Waals surface area contributed by atoms with Crippen molar-refractivity contribution in [3.63, 3.8) is 0 Å². The minimum absolute atomic E-state index is 0.760. The van der Waals surface area contributed by atoms with Crippen molar-refractivity contribution >= 4 is 0 Å². The molecule has 0 radical (unpaired) electrons. The minimum Gasteiger partial charge on any atom is -0.339 e. The highest BCUT2D eigenvalue weighted by molar-refractivity contribution is 4.88. The number of hydrogen-bond acceptors (Lipinski definition) is 5. The van der Waals surface area contributed by atoms with Gasteiger partial charge >= 0.3 is 0 Å². The number of aryl methyl sites for hydroxylation is 1. The molecule has 0 saturated carbocycles. The predicted octanol–water partition coefficient (Wildman–Crippen LogP) is 1.84. The van der Waals surface area contributed by atoms with Crippen LogP contribution in [0.1, 0.15) is 44.8 Å². The lowest BCUT2D eigenvalue weighted by Crippen LogP contribution is -2.39. The zero-order chi connectivity index (χ0) is 13.5. The van der Waals surface area contributed by atoms with Crippen LogP contribution in [0, 0.1) is 5.92 Å². The Morgan fingerprint density at radius 3 is 3.11 bits per heavy atom. The standard InChI is InChI=1S/C14H26N4O/c1-3-6-14-16-13(17-19-14)11-18-8-5-7-12(10-18)9-15-4-2/h12,15H,3-11H2,1-2H3. The van der Waals surface area contributed by atoms with Gasteiger partial charge in [-0.25, -0.2) is 0 Å². The van der Waals surface area contributed by atoms with Crippen LogP contribution in [-0.4, -0.2) is 41.2 Å². The molecule has 2 rings (SSSR count). The molecule has 1 aromatic rings. The fourth-order valence-electron chi connectivity index (χ4n) is 2.68. The van der Waals surface area contributed by atoms with E-state index in [1.54, 1.807) is 0 Å². The predicted molar refractivity (Wildman–Crippen MR) is 74.8 cm³/mol. The summed E-state index contributed by atoms with van der Waals surface area (Å²) in [4.78, 5) is 6.90. The molecule has 1 aliphatic rings. The highest BCUT2D eigenvalue weighted by atomic mass is 16.5. The van der Waals surface area contributed by atoms with E-state index in [1.807, 2.05) is 0 Å². The summed E-state index contributed by atoms with van der Waals surface area (Å²) >= 11 is 0. The zero-order valence-corrected chi connectivity index (χ0v) is 12.2. The molecule has 1 atom stereocenters. The fourth-order valence-corrected chi connectivity index (χ4v) is 2.68. The van der Waals surface area contributed by atoms with Crippen molar-refractivity contribution in [1.29, 1.82) is 0 Å². The molecule has 1 aliphatic heterocycles. The van der Waals surface area contributed by atoms with Gasteiger partial charge in [0.15, 0.2) is 5.82 Å². The summed E-state index contributed by atoms with van der Waals surface area (Å²) in [6.45, 7) is 9.60. The molecule has 19 heavy (non-hydrogen) atoms. The average Bonchev–Trinajstić information content (AvgIpc) is 2.85. The van der Waals surface area contributed by atoms with Crippen molar-refractivity contribution in [3.05, 3.63) is 11.7 Å². The van der Waals surface area contributed by atoms with E-state index in [-0.39, 0.29) is 0 Å². The van der Waals surface area contributed by atoms with Gasteiger partial charge in [-0.2, -0.15) is 4.98 Å².